The molecule has 0 saturated carbocycles. The molecule has 0 unspecified atom stereocenters. The summed E-state index contributed by atoms with van der Waals surface area (Å²) < 4.78 is 13.9. The Balaban J connectivity index is 1.95. The first-order chi connectivity index (χ1) is 8.70. The molecule has 3 rings (SSSR count). The molecule has 0 saturated heterocycles. The highest BCUT2D eigenvalue weighted by molar-refractivity contribution is 7.22. The fourth-order valence-corrected chi connectivity index (χ4v) is 2.71. The number of fused-ring (bicyclic) bond motifs is 1. The number of halogens is 1. The molecule has 0 aliphatic carbocycles. The summed E-state index contributed by atoms with van der Waals surface area (Å²) in [4.78, 5) is 4.42. The number of hydrogen-bond donors (Lipinski definition) is 1. The lowest BCUT2D eigenvalue weighted by atomic mass is 10.2. The van der Waals surface area contributed by atoms with Gasteiger partial charge in [-0.1, -0.05) is 23.5 Å². The third-order valence-corrected chi connectivity index (χ3v) is 3.55. The van der Waals surface area contributed by atoms with Crippen molar-refractivity contribution >= 4 is 32.4 Å². The largest absolute Gasteiger partial charge is 0.332 e. The van der Waals surface area contributed by atoms with Gasteiger partial charge < -0.3 is 5.32 Å². The molecule has 0 spiro atoms. The summed E-state index contributed by atoms with van der Waals surface area (Å²) in [6.45, 7) is 2.04. The van der Waals surface area contributed by atoms with Crippen LogP contribution in [0.2, 0.25) is 0 Å². The van der Waals surface area contributed by atoms with E-state index in [0.29, 0.717) is 0 Å². The molecular formula is C14H11FN2S. The van der Waals surface area contributed by atoms with E-state index >= 15 is 0 Å². The number of hydrogen-bond acceptors (Lipinski definition) is 3. The van der Waals surface area contributed by atoms with Gasteiger partial charge in [0.25, 0.3) is 0 Å². The monoisotopic (exact) mass is 258 g/mol. The van der Waals surface area contributed by atoms with Gasteiger partial charge in [-0.25, -0.2) is 9.37 Å². The van der Waals surface area contributed by atoms with Gasteiger partial charge in [-0.3, -0.25) is 0 Å². The standard InChI is InChI=1S/C14H11FN2S/c1-9-3-2-4-11(7-9)16-14-17-12-6-5-10(15)8-13(12)18-14/h2-8H,1H3,(H,16,17). The molecule has 0 fully saturated rings. The van der Waals surface area contributed by atoms with Crippen LogP contribution in [-0.2, 0) is 0 Å². The Morgan fingerprint density at radius 2 is 2.06 bits per heavy atom. The van der Waals surface area contributed by atoms with Crippen LogP contribution in [0.1, 0.15) is 5.56 Å². The molecule has 0 aliphatic rings. The molecule has 2 nitrogen and oxygen atoms in total. The Morgan fingerprint density at radius 1 is 1.17 bits per heavy atom. The average molecular weight is 258 g/mol. The summed E-state index contributed by atoms with van der Waals surface area (Å²) in [6, 6.07) is 12.7. The van der Waals surface area contributed by atoms with Gasteiger partial charge >= 0.3 is 0 Å². The number of nitrogens with one attached hydrogen (secondary N) is 1. The zero-order valence-corrected chi connectivity index (χ0v) is 10.6. The normalized spacial score (nSPS) is 10.8. The number of anilines is 2. The van der Waals surface area contributed by atoms with Gasteiger partial charge in [-0.15, -0.1) is 0 Å². The smallest absolute Gasteiger partial charge is 0.188 e. The molecule has 2 aromatic carbocycles. The second-order valence-corrected chi connectivity index (χ2v) is 5.16. The van der Waals surface area contributed by atoms with Crippen molar-refractivity contribution in [3.05, 3.63) is 53.8 Å². The summed E-state index contributed by atoms with van der Waals surface area (Å²) in [5.41, 5.74) is 3.00. The van der Waals surface area contributed by atoms with Crippen molar-refractivity contribution < 1.29 is 4.39 Å². The topological polar surface area (TPSA) is 24.9 Å². The molecule has 0 aliphatic heterocycles. The van der Waals surface area contributed by atoms with E-state index in [2.05, 4.69) is 10.3 Å². The zero-order valence-electron chi connectivity index (χ0n) is 9.77. The number of aryl methyl sites for hydroxylation is 1. The summed E-state index contributed by atoms with van der Waals surface area (Å²) in [7, 11) is 0. The number of aromatic nitrogens is 1. The van der Waals surface area contributed by atoms with Crippen molar-refractivity contribution in [3.8, 4) is 0 Å². The molecule has 0 amide bonds. The van der Waals surface area contributed by atoms with Crippen molar-refractivity contribution in [2.75, 3.05) is 5.32 Å². The number of thiazole rings is 1. The molecular weight excluding hydrogens is 247 g/mol. The molecule has 1 aromatic heterocycles. The van der Waals surface area contributed by atoms with Crippen LogP contribution in [0.15, 0.2) is 42.5 Å². The van der Waals surface area contributed by atoms with Crippen LogP contribution in [-0.4, -0.2) is 4.98 Å². The number of benzene rings is 2. The van der Waals surface area contributed by atoms with E-state index in [0.717, 1.165) is 21.0 Å². The highest BCUT2D eigenvalue weighted by Crippen LogP contribution is 2.28. The Kier molecular flexibility index (Phi) is 2.72. The van der Waals surface area contributed by atoms with E-state index in [9.17, 15) is 4.39 Å². The molecule has 1 heterocycles. The second-order valence-electron chi connectivity index (χ2n) is 4.13. The summed E-state index contributed by atoms with van der Waals surface area (Å²) >= 11 is 1.45. The lowest BCUT2D eigenvalue weighted by Crippen LogP contribution is -1.88. The highest BCUT2D eigenvalue weighted by Gasteiger charge is 2.05. The lowest BCUT2D eigenvalue weighted by Gasteiger charge is -2.02. The first-order valence-corrected chi connectivity index (χ1v) is 6.42. The van der Waals surface area contributed by atoms with E-state index in [4.69, 9.17) is 0 Å². The molecule has 18 heavy (non-hydrogen) atoms. The van der Waals surface area contributed by atoms with E-state index in [1.165, 1.54) is 29.0 Å². The Hall–Kier alpha value is -1.94. The second kappa shape index (κ2) is 4.38. The molecule has 0 radical (unpaired) electrons. The van der Waals surface area contributed by atoms with Gasteiger partial charge in [-0.05, 0) is 42.8 Å². The third kappa shape index (κ3) is 2.19. The fraction of sp³-hybridized carbons (Fsp3) is 0.0714. The Bertz CT molecular complexity index is 706. The average Bonchev–Trinajstić information content (AvgIpc) is 2.70. The van der Waals surface area contributed by atoms with Crippen LogP contribution in [0, 0.1) is 12.7 Å². The first-order valence-electron chi connectivity index (χ1n) is 5.60. The predicted octanol–water partition coefficient (Wildman–Crippen LogP) is 4.49. The number of rotatable bonds is 2. The Labute approximate surface area is 108 Å². The van der Waals surface area contributed by atoms with E-state index in [1.807, 2.05) is 31.2 Å². The van der Waals surface area contributed by atoms with Crippen molar-refractivity contribution in [3.63, 3.8) is 0 Å². The van der Waals surface area contributed by atoms with E-state index in [1.54, 1.807) is 6.07 Å². The molecule has 1 N–H and O–H groups in total. The summed E-state index contributed by atoms with van der Waals surface area (Å²) in [5.74, 6) is -0.228. The maximum atomic E-state index is 13.1. The van der Waals surface area contributed by atoms with Gasteiger partial charge in [0.05, 0.1) is 10.2 Å². The minimum absolute atomic E-state index is 0.228. The molecule has 0 bridgehead atoms. The van der Waals surface area contributed by atoms with Crippen LogP contribution in [0.3, 0.4) is 0 Å². The first kappa shape index (κ1) is 11.2. The molecule has 0 atom stereocenters. The molecule has 4 heteroatoms. The Morgan fingerprint density at radius 3 is 2.89 bits per heavy atom. The van der Waals surface area contributed by atoms with Gasteiger partial charge in [0.2, 0.25) is 0 Å². The number of nitrogens with zero attached hydrogens (tertiary/aromatic N) is 1. The minimum atomic E-state index is -0.228. The van der Waals surface area contributed by atoms with Gasteiger partial charge in [0.15, 0.2) is 5.13 Å². The predicted molar refractivity (Wildman–Crippen MR) is 74.0 cm³/mol. The van der Waals surface area contributed by atoms with Gasteiger partial charge in [0.1, 0.15) is 5.82 Å². The minimum Gasteiger partial charge on any atom is -0.332 e. The summed E-state index contributed by atoms with van der Waals surface area (Å²) in [5, 5.41) is 4.02. The van der Waals surface area contributed by atoms with Crippen LogP contribution >= 0.6 is 11.3 Å². The van der Waals surface area contributed by atoms with Gasteiger partial charge in [0, 0.05) is 5.69 Å². The van der Waals surface area contributed by atoms with Crippen molar-refractivity contribution in [1.82, 2.24) is 4.98 Å². The van der Waals surface area contributed by atoms with E-state index in [-0.39, 0.29) is 5.82 Å². The maximum absolute atomic E-state index is 13.1. The van der Waals surface area contributed by atoms with Crippen molar-refractivity contribution in [2.45, 2.75) is 6.92 Å². The third-order valence-electron chi connectivity index (χ3n) is 2.62. The molecule has 90 valence electrons. The quantitative estimate of drug-likeness (QED) is 0.732. The SMILES string of the molecule is Cc1cccc(Nc2nc3ccc(F)cc3s2)c1. The van der Waals surface area contributed by atoms with Crippen molar-refractivity contribution in [2.24, 2.45) is 0 Å². The van der Waals surface area contributed by atoms with Crippen LogP contribution in [0.25, 0.3) is 10.2 Å². The zero-order chi connectivity index (χ0) is 12.5. The van der Waals surface area contributed by atoms with Gasteiger partial charge in [-0.2, -0.15) is 0 Å². The van der Waals surface area contributed by atoms with Crippen LogP contribution in [0.5, 0.6) is 0 Å². The van der Waals surface area contributed by atoms with Crippen molar-refractivity contribution in [1.29, 1.82) is 0 Å². The van der Waals surface area contributed by atoms with Crippen LogP contribution in [0.4, 0.5) is 15.2 Å². The van der Waals surface area contributed by atoms with Crippen LogP contribution < -0.4 is 5.32 Å². The maximum Gasteiger partial charge on any atom is 0.188 e. The molecule has 3 aromatic rings. The van der Waals surface area contributed by atoms with E-state index < -0.39 is 0 Å². The highest BCUT2D eigenvalue weighted by atomic mass is 32.1. The lowest BCUT2D eigenvalue weighted by molar-refractivity contribution is 0.630. The summed E-state index contributed by atoms with van der Waals surface area (Å²) in [6.07, 6.45) is 0. The fourth-order valence-electron chi connectivity index (χ4n) is 1.80.